The molecule has 1 aromatic heterocycles. The standard InChI is InChI=1S/C15H28N2OS/c1-6-8-16-12(7-9-18-5)10-14-17-13(11-19-14)15(2,3)4/h11-12,16H,6-10H2,1-5H3. The summed E-state index contributed by atoms with van der Waals surface area (Å²) in [5.41, 5.74) is 1.35. The number of aromatic nitrogens is 1. The molecule has 1 heterocycles. The van der Waals surface area contributed by atoms with E-state index in [1.54, 1.807) is 18.4 Å². The van der Waals surface area contributed by atoms with E-state index in [2.05, 4.69) is 38.4 Å². The number of methoxy groups -OCH3 is 1. The molecular formula is C15H28N2OS. The fourth-order valence-corrected chi connectivity index (χ4v) is 2.95. The van der Waals surface area contributed by atoms with Gasteiger partial charge in [0, 0.05) is 37.0 Å². The molecule has 1 rings (SSSR count). The van der Waals surface area contributed by atoms with E-state index in [4.69, 9.17) is 9.72 Å². The molecule has 0 aliphatic carbocycles. The Morgan fingerprint density at radius 3 is 2.68 bits per heavy atom. The van der Waals surface area contributed by atoms with Crippen molar-refractivity contribution in [3.8, 4) is 0 Å². The molecule has 0 saturated heterocycles. The summed E-state index contributed by atoms with van der Waals surface area (Å²) in [6, 6.07) is 0.471. The van der Waals surface area contributed by atoms with Crippen LogP contribution in [0.15, 0.2) is 5.38 Å². The fraction of sp³-hybridized carbons (Fsp3) is 0.800. The molecule has 0 radical (unpaired) electrons. The van der Waals surface area contributed by atoms with Crippen LogP contribution >= 0.6 is 11.3 Å². The second-order valence-corrected chi connectivity index (χ2v) is 6.96. The summed E-state index contributed by atoms with van der Waals surface area (Å²) in [6.45, 7) is 10.7. The summed E-state index contributed by atoms with van der Waals surface area (Å²) < 4.78 is 5.19. The molecule has 1 atom stereocenters. The van der Waals surface area contributed by atoms with E-state index in [9.17, 15) is 0 Å². The van der Waals surface area contributed by atoms with Crippen molar-refractivity contribution < 1.29 is 4.74 Å². The summed E-state index contributed by atoms with van der Waals surface area (Å²) in [7, 11) is 1.76. The van der Waals surface area contributed by atoms with Crippen LogP contribution in [-0.2, 0) is 16.6 Å². The van der Waals surface area contributed by atoms with Gasteiger partial charge < -0.3 is 10.1 Å². The van der Waals surface area contributed by atoms with Crippen molar-refractivity contribution in [1.82, 2.24) is 10.3 Å². The minimum absolute atomic E-state index is 0.146. The van der Waals surface area contributed by atoms with Gasteiger partial charge in [0.1, 0.15) is 0 Å². The number of nitrogens with zero attached hydrogens (tertiary/aromatic N) is 1. The summed E-state index contributed by atoms with van der Waals surface area (Å²) in [5, 5.41) is 7.02. The van der Waals surface area contributed by atoms with Gasteiger partial charge in [0.25, 0.3) is 0 Å². The lowest BCUT2D eigenvalue weighted by atomic mass is 9.93. The van der Waals surface area contributed by atoms with Crippen LogP contribution < -0.4 is 5.32 Å². The van der Waals surface area contributed by atoms with Gasteiger partial charge in [0.15, 0.2) is 0 Å². The summed E-state index contributed by atoms with van der Waals surface area (Å²) >= 11 is 1.78. The third-order valence-corrected chi connectivity index (χ3v) is 3.97. The predicted molar refractivity (Wildman–Crippen MR) is 83.1 cm³/mol. The Bertz CT molecular complexity index is 349. The zero-order valence-corrected chi connectivity index (χ0v) is 13.8. The molecule has 0 bridgehead atoms. The number of nitrogens with one attached hydrogen (secondary N) is 1. The molecule has 0 fully saturated rings. The van der Waals surface area contributed by atoms with E-state index in [0.717, 1.165) is 32.4 Å². The normalized spacial score (nSPS) is 13.7. The molecule has 0 aliphatic rings. The van der Waals surface area contributed by atoms with Gasteiger partial charge in [-0.25, -0.2) is 4.98 Å². The third kappa shape index (κ3) is 6.02. The van der Waals surface area contributed by atoms with E-state index in [-0.39, 0.29) is 5.41 Å². The molecule has 0 amide bonds. The highest BCUT2D eigenvalue weighted by Crippen LogP contribution is 2.24. The van der Waals surface area contributed by atoms with E-state index >= 15 is 0 Å². The molecule has 1 N–H and O–H groups in total. The van der Waals surface area contributed by atoms with Crippen LogP contribution in [0, 0.1) is 0 Å². The molecular weight excluding hydrogens is 256 g/mol. The van der Waals surface area contributed by atoms with Gasteiger partial charge in [0.05, 0.1) is 10.7 Å². The van der Waals surface area contributed by atoms with Crippen molar-refractivity contribution in [2.75, 3.05) is 20.3 Å². The first kappa shape index (κ1) is 16.6. The molecule has 4 heteroatoms. The van der Waals surface area contributed by atoms with Crippen molar-refractivity contribution >= 4 is 11.3 Å². The van der Waals surface area contributed by atoms with Crippen LogP contribution in [0.1, 0.15) is 51.2 Å². The van der Waals surface area contributed by atoms with Crippen LogP contribution in [-0.4, -0.2) is 31.3 Å². The predicted octanol–water partition coefficient (Wildman–Crippen LogP) is 3.39. The fourth-order valence-electron chi connectivity index (χ4n) is 1.84. The Morgan fingerprint density at radius 2 is 2.16 bits per heavy atom. The number of ether oxygens (including phenoxy) is 1. The van der Waals surface area contributed by atoms with Gasteiger partial charge in [-0.3, -0.25) is 0 Å². The number of thiazole rings is 1. The first-order valence-electron chi connectivity index (χ1n) is 7.14. The maximum absolute atomic E-state index is 5.19. The Morgan fingerprint density at radius 1 is 1.42 bits per heavy atom. The quantitative estimate of drug-likeness (QED) is 0.794. The number of rotatable bonds is 8. The third-order valence-electron chi connectivity index (χ3n) is 3.09. The molecule has 0 aromatic carbocycles. The van der Waals surface area contributed by atoms with E-state index < -0.39 is 0 Å². The molecule has 110 valence electrons. The lowest BCUT2D eigenvalue weighted by Gasteiger charge is -2.17. The molecule has 1 unspecified atom stereocenters. The van der Waals surface area contributed by atoms with Gasteiger partial charge in [-0.2, -0.15) is 0 Å². The van der Waals surface area contributed by atoms with Crippen LogP contribution in [0.25, 0.3) is 0 Å². The average Bonchev–Trinajstić information content (AvgIpc) is 2.81. The second-order valence-electron chi connectivity index (χ2n) is 6.01. The molecule has 0 aliphatic heterocycles. The van der Waals surface area contributed by atoms with Crippen molar-refractivity contribution in [3.05, 3.63) is 16.1 Å². The SMILES string of the molecule is CCCNC(CCOC)Cc1nc(C(C)(C)C)cs1. The average molecular weight is 284 g/mol. The maximum Gasteiger partial charge on any atom is 0.0944 e. The number of hydrogen-bond acceptors (Lipinski definition) is 4. The van der Waals surface area contributed by atoms with Gasteiger partial charge in [-0.1, -0.05) is 27.7 Å². The van der Waals surface area contributed by atoms with Gasteiger partial charge in [-0.05, 0) is 19.4 Å². The summed E-state index contributed by atoms with van der Waals surface area (Å²) in [5.74, 6) is 0. The van der Waals surface area contributed by atoms with Gasteiger partial charge in [0.2, 0.25) is 0 Å². The first-order chi connectivity index (χ1) is 8.97. The highest BCUT2D eigenvalue weighted by Gasteiger charge is 2.18. The lowest BCUT2D eigenvalue weighted by Crippen LogP contribution is -2.33. The highest BCUT2D eigenvalue weighted by atomic mass is 32.1. The topological polar surface area (TPSA) is 34.1 Å². The Kier molecular flexibility index (Phi) is 6.97. The molecule has 1 aromatic rings. The molecule has 0 saturated carbocycles. The Balaban J connectivity index is 2.59. The van der Waals surface area contributed by atoms with Crippen molar-refractivity contribution in [3.63, 3.8) is 0 Å². The van der Waals surface area contributed by atoms with E-state index in [1.165, 1.54) is 10.7 Å². The number of hydrogen-bond donors (Lipinski definition) is 1. The zero-order valence-electron chi connectivity index (χ0n) is 13.0. The van der Waals surface area contributed by atoms with Crippen LogP contribution in [0.2, 0.25) is 0 Å². The molecule has 3 nitrogen and oxygen atoms in total. The summed E-state index contributed by atoms with van der Waals surface area (Å²) in [4.78, 5) is 4.78. The highest BCUT2D eigenvalue weighted by molar-refractivity contribution is 7.09. The Hall–Kier alpha value is -0.450. The first-order valence-corrected chi connectivity index (χ1v) is 8.02. The van der Waals surface area contributed by atoms with Crippen LogP contribution in [0.5, 0.6) is 0 Å². The minimum atomic E-state index is 0.146. The summed E-state index contributed by atoms with van der Waals surface area (Å²) in [6.07, 6.45) is 3.21. The van der Waals surface area contributed by atoms with Crippen LogP contribution in [0.3, 0.4) is 0 Å². The van der Waals surface area contributed by atoms with E-state index in [0.29, 0.717) is 6.04 Å². The molecule has 0 spiro atoms. The zero-order chi connectivity index (χ0) is 14.3. The van der Waals surface area contributed by atoms with Crippen LogP contribution in [0.4, 0.5) is 0 Å². The largest absolute Gasteiger partial charge is 0.385 e. The molecule has 19 heavy (non-hydrogen) atoms. The van der Waals surface area contributed by atoms with Gasteiger partial charge >= 0.3 is 0 Å². The van der Waals surface area contributed by atoms with E-state index in [1.807, 2.05) is 0 Å². The van der Waals surface area contributed by atoms with Crippen molar-refractivity contribution in [1.29, 1.82) is 0 Å². The minimum Gasteiger partial charge on any atom is -0.385 e. The second kappa shape index (κ2) is 7.98. The van der Waals surface area contributed by atoms with Gasteiger partial charge in [-0.15, -0.1) is 11.3 Å². The van der Waals surface area contributed by atoms with Crippen molar-refractivity contribution in [2.24, 2.45) is 0 Å². The smallest absolute Gasteiger partial charge is 0.0944 e. The monoisotopic (exact) mass is 284 g/mol. The van der Waals surface area contributed by atoms with Crippen molar-refractivity contribution in [2.45, 2.75) is 58.4 Å². The maximum atomic E-state index is 5.19. The Labute approximate surface area is 121 Å². The lowest BCUT2D eigenvalue weighted by molar-refractivity contribution is 0.182.